The molecule has 0 bridgehead atoms. The van der Waals surface area contributed by atoms with Crippen LogP contribution in [0.5, 0.6) is 17.2 Å². The highest BCUT2D eigenvalue weighted by molar-refractivity contribution is 5.84. The molecular formula is C22H26O6. The number of aliphatic hydroxyl groups is 1. The van der Waals surface area contributed by atoms with Crippen molar-refractivity contribution in [3.05, 3.63) is 17.2 Å². The number of aliphatic hydroxyl groups excluding tert-OH is 1. The van der Waals surface area contributed by atoms with Gasteiger partial charge in [0, 0.05) is 5.56 Å². The van der Waals surface area contributed by atoms with Crippen LogP contribution < -0.4 is 9.47 Å². The Kier molecular flexibility index (Phi) is 3.99. The molecular weight excluding hydrogens is 360 g/mol. The summed E-state index contributed by atoms with van der Waals surface area (Å²) in [6, 6.07) is 1.67. The third-order valence-electron chi connectivity index (χ3n) is 7.81. The molecule has 6 heteroatoms. The molecule has 1 aliphatic heterocycles. The van der Waals surface area contributed by atoms with Crippen LogP contribution in [0.15, 0.2) is 6.07 Å². The van der Waals surface area contributed by atoms with Gasteiger partial charge in [0.2, 0.25) is 5.75 Å². The third kappa shape index (κ3) is 2.50. The van der Waals surface area contributed by atoms with Crippen LogP contribution in [0.4, 0.5) is 0 Å². The Balaban J connectivity index is 1.62. The van der Waals surface area contributed by atoms with Crippen LogP contribution in [0.2, 0.25) is 0 Å². The molecule has 150 valence electrons. The van der Waals surface area contributed by atoms with E-state index in [2.05, 4.69) is 6.92 Å². The molecule has 0 unspecified atom stereocenters. The van der Waals surface area contributed by atoms with E-state index in [-0.39, 0.29) is 47.5 Å². The molecule has 1 heterocycles. The van der Waals surface area contributed by atoms with E-state index in [0.29, 0.717) is 11.8 Å². The Morgan fingerprint density at radius 1 is 1.00 bits per heavy atom. The molecule has 6 nitrogen and oxygen atoms in total. The Morgan fingerprint density at radius 3 is 2.46 bits per heavy atom. The van der Waals surface area contributed by atoms with Crippen LogP contribution in [0.25, 0.3) is 0 Å². The van der Waals surface area contributed by atoms with Gasteiger partial charge >= 0.3 is 11.9 Å². The lowest BCUT2D eigenvalue weighted by Gasteiger charge is -2.50. The van der Waals surface area contributed by atoms with Crippen molar-refractivity contribution in [1.82, 2.24) is 0 Å². The average Bonchev–Trinajstić information content (AvgIpc) is 2.96. The van der Waals surface area contributed by atoms with Crippen LogP contribution >= 0.6 is 0 Å². The molecule has 4 aliphatic rings. The van der Waals surface area contributed by atoms with Crippen molar-refractivity contribution in [3.63, 3.8) is 0 Å². The fourth-order valence-corrected chi connectivity index (χ4v) is 6.38. The Morgan fingerprint density at radius 2 is 1.71 bits per heavy atom. The number of aryl methyl sites for hydroxylation is 1. The van der Waals surface area contributed by atoms with Crippen molar-refractivity contribution in [2.45, 2.75) is 70.3 Å². The smallest absolute Gasteiger partial charge is 0.312 e. The zero-order chi connectivity index (χ0) is 19.6. The summed E-state index contributed by atoms with van der Waals surface area (Å²) >= 11 is 0. The maximum atomic E-state index is 12.2. The minimum atomic E-state index is -0.532. The largest absolute Gasteiger partial charge is 0.504 e. The maximum Gasteiger partial charge on any atom is 0.312 e. The summed E-state index contributed by atoms with van der Waals surface area (Å²) in [6.45, 7) is 2.21. The SMILES string of the molecule is C[C@]12CC[C@@H]3c4c(cc(O)c5c4OC(=O)CCC(=O)O5)CC[C@@H]3[C@@H]1CC[C@@H]2O. The van der Waals surface area contributed by atoms with E-state index in [0.717, 1.165) is 49.7 Å². The summed E-state index contributed by atoms with van der Waals surface area (Å²) in [5.41, 5.74) is 1.85. The van der Waals surface area contributed by atoms with Gasteiger partial charge in [-0.15, -0.1) is 0 Å². The van der Waals surface area contributed by atoms with Gasteiger partial charge in [0.1, 0.15) is 0 Å². The quantitative estimate of drug-likeness (QED) is 0.525. The van der Waals surface area contributed by atoms with E-state index in [4.69, 9.17) is 9.47 Å². The van der Waals surface area contributed by atoms with E-state index < -0.39 is 11.9 Å². The average molecular weight is 386 g/mol. The van der Waals surface area contributed by atoms with Crippen LogP contribution in [0, 0.1) is 17.3 Å². The van der Waals surface area contributed by atoms with Crippen molar-refractivity contribution in [1.29, 1.82) is 0 Å². The van der Waals surface area contributed by atoms with E-state index in [1.54, 1.807) is 6.07 Å². The number of ether oxygens (including phenoxy) is 2. The van der Waals surface area contributed by atoms with Gasteiger partial charge in [-0.3, -0.25) is 9.59 Å². The molecule has 2 saturated carbocycles. The Hall–Kier alpha value is -2.08. The summed E-state index contributed by atoms with van der Waals surface area (Å²) in [5, 5.41) is 21.0. The minimum absolute atomic E-state index is 0.0164. The number of carbonyl (C=O) groups excluding carboxylic acids is 2. The molecule has 1 aromatic carbocycles. The zero-order valence-corrected chi connectivity index (χ0v) is 16.1. The number of esters is 2. The highest BCUT2D eigenvalue weighted by atomic mass is 16.6. The first-order valence-corrected chi connectivity index (χ1v) is 10.4. The first-order chi connectivity index (χ1) is 13.4. The number of hydrogen-bond donors (Lipinski definition) is 2. The normalized spacial score (nSPS) is 36.8. The molecule has 5 atom stereocenters. The lowest BCUT2D eigenvalue weighted by atomic mass is 9.55. The van der Waals surface area contributed by atoms with Gasteiger partial charge in [0.25, 0.3) is 0 Å². The first kappa shape index (κ1) is 18.0. The van der Waals surface area contributed by atoms with Crippen molar-refractivity contribution < 1.29 is 29.3 Å². The predicted octanol–water partition coefficient (Wildman–Crippen LogP) is 3.21. The second kappa shape index (κ2) is 6.21. The van der Waals surface area contributed by atoms with Gasteiger partial charge in [-0.2, -0.15) is 0 Å². The van der Waals surface area contributed by atoms with Crippen molar-refractivity contribution >= 4 is 11.9 Å². The predicted molar refractivity (Wildman–Crippen MR) is 99.2 cm³/mol. The highest BCUT2D eigenvalue weighted by Crippen LogP contribution is 2.63. The van der Waals surface area contributed by atoms with Crippen molar-refractivity contribution in [2.75, 3.05) is 0 Å². The number of phenolic OH excluding ortho intramolecular Hbond substituents is 1. The third-order valence-corrected chi connectivity index (χ3v) is 7.81. The number of benzene rings is 1. The van der Waals surface area contributed by atoms with Gasteiger partial charge < -0.3 is 19.7 Å². The fraction of sp³-hybridized carbons (Fsp3) is 0.636. The second-order valence-corrected chi connectivity index (χ2v) is 9.13. The second-order valence-electron chi connectivity index (χ2n) is 9.13. The monoisotopic (exact) mass is 386 g/mol. The molecule has 5 rings (SSSR count). The fourth-order valence-electron chi connectivity index (χ4n) is 6.38. The van der Waals surface area contributed by atoms with Gasteiger partial charge in [-0.05, 0) is 73.3 Å². The molecule has 0 saturated heterocycles. The van der Waals surface area contributed by atoms with Crippen LogP contribution in [0.1, 0.15) is 68.9 Å². The molecule has 3 aliphatic carbocycles. The van der Waals surface area contributed by atoms with Crippen LogP contribution in [0.3, 0.4) is 0 Å². The molecule has 2 fully saturated rings. The maximum absolute atomic E-state index is 12.2. The van der Waals surface area contributed by atoms with E-state index in [1.165, 1.54) is 0 Å². The molecule has 2 N–H and O–H groups in total. The summed E-state index contributed by atoms with van der Waals surface area (Å²) in [7, 11) is 0. The van der Waals surface area contributed by atoms with Gasteiger partial charge in [0.15, 0.2) is 11.5 Å². The molecule has 28 heavy (non-hydrogen) atoms. The molecule has 0 spiro atoms. The molecule has 0 aromatic heterocycles. The number of hydrogen-bond acceptors (Lipinski definition) is 6. The van der Waals surface area contributed by atoms with E-state index in [9.17, 15) is 19.8 Å². The van der Waals surface area contributed by atoms with Crippen LogP contribution in [-0.2, 0) is 16.0 Å². The number of fused-ring (bicyclic) bond motifs is 7. The Bertz CT molecular complexity index is 861. The summed E-state index contributed by atoms with van der Waals surface area (Å²) in [5.74, 6) is 0.102. The van der Waals surface area contributed by atoms with E-state index >= 15 is 0 Å². The number of carbonyl (C=O) groups is 2. The van der Waals surface area contributed by atoms with Gasteiger partial charge in [0.05, 0.1) is 18.9 Å². The minimum Gasteiger partial charge on any atom is -0.504 e. The zero-order valence-electron chi connectivity index (χ0n) is 16.1. The van der Waals surface area contributed by atoms with Crippen molar-refractivity contribution in [3.8, 4) is 17.2 Å². The van der Waals surface area contributed by atoms with Crippen LogP contribution in [-0.4, -0.2) is 28.3 Å². The number of aromatic hydroxyl groups is 1. The number of phenols is 1. The van der Waals surface area contributed by atoms with Gasteiger partial charge in [-0.1, -0.05) is 6.92 Å². The summed E-state index contributed by atoms with van der Waals surface area (Å²) in [4.78, 5) is 24.2. The van der Waals surface area contributed by atoms with E-state index in [1.807, 2.05) is 0 Å². The van der Waals surface area contributed by atoms with Crippen molar-refractivity contribution in [2.24, 2.45) is 17.3 Å². The highest BCUT2D eigenvalue weighted by Gasteiger charge is 2.55. The standard InChI is InChI=1S/C22H26O6/c1-22-9-8-13-12(14(22)4-5-16(22)24)3-2-11-10-15(23)20-21(19(11)13)28-18(26)7-6-17(25)27-20/h10,12-14,16,23-24H,2-9H2,1H3/t12-,13-,14-,16-,22-/m0/s1. The molecule has 0 amide bonds. The lowest BCUT2D eigenvalue weighted by molar-refractivity contribution is -0.142. The first-order valence-electron chi connectivity index (χ1n) is 10.4. The lowest BCUT2D eigenvalue weighted by Crippen LogP contribution is -2.44. The topological polar surface area (TPSA) is 93.1 Å². The number of rotatable bonds is 0. The van der Waals surface area contributed by atoms with Gasteiger partial charge in [-0.25, -0.2) is 0 Å². The Labute approximate surface area is 163 Å². The summed E-state index contributed by atoms with van der Waals surface area (Å²) in [6.07, 6.45) is 5.12. The summed E-state index contributed by atoms with van der Waals surface area (Å²) < 4.78 is 11.0. The molecule has 0 radical (unpaired) electrons. The molecule has 1 aromatic rings.